The van der Waals surface area contributed by atoms with Gasteiger partial charge in [0.15, 0.2) is 0 Å². The first-order chi connectivity index (χ1) is 13.2. The lowest BCUT2D eigenvalue weighted by atomic mass is 10.1. The van der Waals surface area contributed by atoms with Crippen molar-refractivity contribution in [1.82, 2.24) is 15.3 Å². The lowest BCUT2D eigenvalue weighted by Gasteiger charge is -2.08. The first-order valence-electron chi connectivity index (χ1n) is 9.15. The smallest absolute Gasteiger partial charge is 0.254 e. The van der Waals surface area contributed by atoms with Crippen molar-refractivity contribution in [1.29, 1.82) is 0 Å². The molecule has 1 amide bonds. The predicted octanol–water partition coefficient (Wildman–Crippen LogP) is 3.76. The Morgan fingerprint density at radius 3 is 2.41 bits per heavy atom. The summed E-state index contributed by atoms with van der Waals surface area (Å²) in [5.74, 6) is 0.368. The van der Waals surface area contributed by atoms with Crippen LogP contribution in [0.25, 0.3) is 0 Å². The van der Waals surface area contributed by atoms with Crippen LogP contribution < -0.4 is 10.6 Å². The van der Waals surface area contributed by atoms with Crippen LogP contribution in [0.4, 0.5) is 5.95 Å². The number of carbonyl (C=O) groups is 1. The summed E-state index contributed by atoms with van der Waals surface area (Å²) < 4.78 is 0. The minimum absolute atomic E-state index is 0.172. The van der Waals surface area contributed by atoms with E-state index in [1.54, 1.807) is 12.4 Å². The van der Waals surface area contributed by atoms with Gasteiger partial charge in [0.1, 0.15) is 0 Å². The fourth-order valence-electron chi connectivity index (χ4n) is 2.76. The lowest BCUT2D eigenvalue weighted by molar-refractivity contribution is 0.0950. The number of nitrogens with zero attached hydrogens (tertiary/aromatic N) is 2. The number of aromatic nitrogens is 2. The molecular formula is C22H24N4O. The van der Waals surface area contributed by atoms with Gasteiger partial charge in [-0.25, -0.2) is 9.97 Å². The van der Waals surface area contributed by atoms with Crippen LogP contribution in [0, 0.1) is 6.92 Å². The largest absolute Gasteiger partial charge is 0.354 e. The Balaban J connectivity index is 1.43. The van der Waals surface area contributed by atoms with Crippen LogP contribution in [-0.2, 0) is 13.0 Å². The highest BCUT2D eigenvalue weighted by atomic mass is 16.1. The maximum Gasteiger partial charge on any atom is 0.254 e. The molecule has 2 aromatic carbocycles. The van der Waals surface area contributed by atoms with Crippen LogP contribution in [0.2, 0.25) is 0 Å². The molecule has 5 heteroatoms. The Bertz CT molecular complexity index is 863. The zero-order valence-corrected chi connectivity index (χ0v) is 15.5. The number of hydrogen-bond donors (Lipinski definition) is 2. The van der Waals surface area contributed by atoms with Crippen molar-refractivity contribution >= 4 is 11.9 Å². The van der Waals surface area contributed by atoms with Crippen molar-refractivity contribution < 1.29 is 4.79 Å². The Morgan fingerprint density at radius 2 is 1.67 bits per heavy atom. The lowest BCUT2D eigenvalue weighted by Crippen LogP contribution is -2.23. The molecule has 0 spiro atoms. The molecule has 0 saturated carbocycles. The summed E-state index contributed by atoms with van der Waals surface area (Å²) in [4.78, 5) is 20.7. The highest BCUT2D eigenvalue weighted by molar-refractivity contribution is 5.93. The molecule has 1 aromatic heterocycles. The summed E-state index contributed by atoms with van der Waals surface area (Å²) in [6.07, 6.45) is 5.11. The zero-order chi connectivity index (χ0) is 18.9. The van der Waals surface area contributed by atoms with Crippen LogP contribution in [-0.4, -0.2) is 22.4 Å². The number of amides is 1. The quantitative estimate of drug-likeness (QED) is 0.600. The Labute approximate surface area is 159 Å². The van der Waals surface area contributed by atoms with E-state index in [-0.39, 0.29) is 5.91 Å². The van der Waals surface area contributed by atoms with Crippen molar-refractivity contribution in [2.24, 2.45) is 0 Å². The molecule has 0 aliphatic carbocycles. The Morgan fingerprint density at radius 1 is 0.963 bits per heavy atom. The molecule has 0 bridgehead atoms. The van der Waals surface area contributed by atoms with Gasteiger partial charge in [-0.15, -0.1) is 0 Å². The maximum atomic E-state index is 12.2. The van der Waals surface area contributed by atoms with E-state index < -0.39 is 0 Å². The summed E-state index contributed by atoms with van der Waals surface area (Å²) in [6.45, 7) is 3.31. The van der Waals surface area contributed by atoms with E-state index in [1.807, 2.05) is 37.3 Å². The fourth-order valence-corrected chi connectivity index (χ4v) is 2.76. The second-order valence-electron chi connectivity index (χ2n) is 6.42. The summed E-state index contributed by atoms with van der Waals surface area (Å²) in [7, 11) is 0. The first-order valence-corrected chi connectivity index (χ1v) is 9.15. The fraction of sp³-hybridized carbons (Fsp3) is 0.227. The van der Waals surface area contributed by atoms with Gasteiger partial charge in [-0.1, -0.05) is 54.6 Å². The van der Waals surface area contributed by atoms with E-state index in [9.17, 15) is 4.79 Å². The van der Waals surface area contributed by atoms with Gasteiger partial charge in [0.25, 0.3) is 5.91 Å². The second kappa shape index (κ2) is 9.48. The van der Waals surface area contributed by atoms with Crippen LogP contribution >= 0.6 is 0 Å². The van der Waals surface area contributed by atoms with Crippen molar-refractivity contribution in [2.45, 2.75) is 26.3 Å². The van der Waals surface area contributed by atoms with E-state index in [0.717, 1.165) is 30.5 Å². The van der Waals surface area contributed by atoms with Crippen molar-refractivity contribution in [2.75, 3.05) is 11.9 Å². The highest BCUT2D eigenvalue weighted by Crippen LogP contribution is 2.07. The molecule has 5 nitrogen and oxygen atoms in total. The van der Waals surface area contributed by atoms with Crippen LogP contribution in [0.15, 0.2) is 67.0 Å². The van der Waals surface area contributed by atoms with Gasteiger partial charge in [-0.05, 0) is 36.5 Å². The number of nitrogens with one attached hydrogen (secondary N) is 2. The molecule has 0 aliphatic heterocycles. The van der Waals surface area contributed by atoms with Gasteiger partial charge < -0.3 is 10.6 Å². The zero-order valence-electron chi connectivity index (χ0n) is 15.5. The monoisotopic (exact) mass is 360 g/mol. The van der Waals surface area contributed by atoms with Crippen LogP contribution in [0.1, 0.15) is 33.5 Å². The number of aryl methyl sites for hydroxylation is 2. The number of anilines is 1. The third kappa shape index (κ3) is 5.64. The molecule has 2 N–H and O–H groups in total. The molecule has 0 saturated heterocycles. The molecule has 0 aliphatic rings. The first kappa shape index (κ1) is 18.6. The third-order valence-corrected chi connectivity index (χ3v) is 4.38. The SMILES string of the molecule is Cc1ccccc1CNC(=O)c1cnc(NCCCc2ccccc2)nc1. The molecule has 0 fully saturated rings. The summed E-state index contributed by atoms with van der Waals surface area (Å²) in [5.41, 5.74) is 4.03. The highest BCUT2D eigenvalue weighted by Gasteiger charge is 2.07. The number of rotatable bonds is 8. The molecule has 3 aromatic rings. The van der Waals surface area contributed by atoms with E-state index in [2.05, 4.69) is 44.9 Å². The van der Waals surface area contributed by atoms with E-state index in [4.69, 9.17) is 0 Å². The van der Waals surface area contributed by atoms with Gasteiger partial charge >= 0.3 is 0 Å². The number of carbonyl (C=O) groups excluding carboxylic acids is 1. The van der Waals surface area contributed by atoms with Gasteiger partial charge in [0.2, 0.25) is 5.95 Å². The predicted molar refractivity (Wildman–Crippen MR) is 108 cm³/mol. The minimum atomic E-state index is -0.172. The molecule has 1 heterocycles. The molecule has 138 valence electrons. The average Bonchev–Trinajstić information content (AvgIpc) is 2.72. The Kier molecular flexibility index (Phi) is 6.52. The summed E-state index contributed by atoms with van der Waals surface area (Å²) >= 11 is 0. The second-order valence-corrected chi connectivity index (χ2v) is 6.42. The molecule has 0 unspecified atom stereocenters. The number of hydrogen-bond acceptors (Lipinski definition) is 4. The van der Waals surface area contributed by atoms with Crippen LogP contribution in [0.5, 0.6) is 0 Å². The molecule has 0 radical (unpaired) electrons. The van der Waals surface area contributed by atoms with Crippen molar-refractivity contribution in [3.63, 3.8) is 0 Å². The Hall–Kier alpha value is -3.21. The standard InChI is InChI=1S/C22H24N4O/c1-17-8-5-6-12-19(17)14-24-21(27)20-15-25-22(26-16-20)23-13-7-11-18-9-3-2-4-10-18/h2-6,8-10,12,15-16H,7,11,13-14H2,1H3,(H,24,27)(H,23,25,26). The van der Waals surface area contributed by atoms with E-state index in [0.29, 0.717) is 18.1 Å². The van der Waals surface area contributed by atoms with E-state index in [1.165, 1.54) is 5.56 Å². The minimum Gasteiger partial charge on any atom is -0.354 e. The molecular weight excluding hydrogens is 336 g/mol. The van der Waals surface area contributed by atoms with Gasteiger partial charge in [0, 0.05) is 25.5 Å². The van der Waals surface area contributed by atoms with Crippen molar-refractivity contribution in [3.05, 3.63) is 89.2 Å². The van der Waals surface area contributed by atoms with Crippen LogP contribution in [0.3, 0.4) is 0 Å². The molecule has 0 atom stereocenters. The topological polar surface area (TPSA) is 66.9 Å². The van der Waals surface area contributed by atoms with Gasteiger partial charge in [-0.3, -0.25) is 4.79 Å². The average molecular weight is 360 g/mol. The van der Waals surface area contributed by atoms with Crippen molar-refractivity contribution in [3.8, 4) is 0 Å². The maximum absolute atomic E-state index is 12.2. The van der Waals surface area contributed by atoms with Gasteiger partial charge in [0.05, 0.1) is 5.56 Å². The summed E-state index contributed by atoms with van der Waals surface area (Å²) in [6, 6.07) is 18.4. The van der Waals surface area contributed by atoms with Gasteiger partial charge in [-0.2, -0.15) is 0 Å². The normalized spacial score (nSPS) is 10.4. The van der Waals surface area contributed by atoms with E-state index >= 15 is 0 Å². The number of benzene rings is 2. The summed E-state index contributed by atoms with van der Waals surface area (Å²) in [5, 5.41) is 6.10. The third-order valence-electron chi connectivity index (χ3n) is 4.38. The molecule has 3 rings (SSSR count). The molecule has 27 heavy (non-hydrogen) atoms.